The molecule has 0 spiro atoms. The van der Waals surface area contributed by atoms with Gasteiger partial charge in [-0.25, -0.2) is 0 Å². The molecular weight excluding hydrogens is 177 g/mol. The first kappa shape index (κ1) is 9.07. The van der Waals surface area contributed by atoms with Crippen molar-refractivity contribution < 1.29 is 15.0 Å². The number of carbonyl (C=O) groups is 1. The summed E-state index contributed by atoms with van der Waals surface area (Å²) < 4.78 is 1.27. The van der Waals surface area contributed by atoms with Crippen molar-refractivity contribution in [2.45, 2.75) is 13.0 Å². The third-order valence-corrected chi connectivity index (χ3v) is 1.97. The van der Waals surface area contributed by atoms with Crippen molar-refractivity contribution in [1.29, 1.82) is 0 Å². The smallest absolute Gasteiger partial charge is 0.201 e. The van der Waals surface area contributed by atoms with Crippen molar-refractivity contribution >= 4 is 20.8 Å². The van der Waals surface area contributed by atoms with Crippen LogP contribution in [0.1, 0.15) is 6.42 Å². The number of nitrogens with zero attached hydrogens (tertiary/aromatic N) is 1. The molecule has 0 radical (unpaired) electrons. The molecule has 0 aliphatic rings. The zero-order chi connectivity index (χ0) is 9.14. The van der Waals surface area contributed by atoms with Crippen LogP contribution in [0.2, 0.25) is 0 Å². The van der Waals surface area contributed by atoms with Gasteiger partial charge in [0.1, 0.15) is 6.29 Å². The van der Waals surface area contributed by atoms with Gasteiger partial charge in [0.05, 0.1) is 0 Å². The summed E-state index contributed by atoms with van der Waals surface area (Å²) in [5.41, 5.74) is 0. The Balaban J connectivity index is 2.89. The Morgan fingerprint density at radius 3 is 2.67 bits per heavy atom. The second-order valence-corrected chi connectivity index (χ2v) is 3.01. The highest BCUT2D eigenvalue weighted by atomic mass is 31.0. The Hall–Kier alpha value is -1.02. The summed E-state index contributed by atoms with van der Waals surface area (Å²) in [6.45, 7) is 0.301. The van der Waals surface area contributed by atoms with Crippen LogP contribution in [-0.2, 0) is 11.3 Å². The molecule has 66 valence electrons. The lowest BCUT2D eigenvalue weighted by Crippen LogP contribution is -1.98. The molecule has 4 nitrogen and oxygen atoms in total. The molecule has 1 rings (SSSR count). The van der Waals surface area contributed by atoms with E-state index in [1.807, 2.05) is 0 Å². The minimum Gasteiger partial charge on any atom is -0.494 e. The van der Waals surface area contributed by atoms with Crippen LogP contribution in [0.15, 0.2) is 6.07 Å². The number of hydrogen-bond acceptors (Lipinski definition) is 3. The van der Waals surface area contributed by atoms with Crippen molar-refractivity contribution in [3.05, 3.63) is 6.07 Å². The van der Waals surface area contributed by atoms with Crippen molar-refractivity contribution in [1.82, 2.24) is 4.57 Å². The molecule has 1 unspecified atom stereocenters. The van der Waals surface area contributed by atoms with Gasteiger partial charge in [-0.05, 0) is 0 Å². The van der Waals surface area contributed by atoms with E-state index < -0.39 is 0 Å². The van der Waals surface area contributed by atoms with Crippen LogP contribution in [-0.4, -0.2) is 21.1 Å². The standard InChI is InChI=1S/C7H10NO3P/c9-3-1-2-8-6(10)4-5(12)7(8)11/h3-4,10-11H,1-2,12H2. The molecule has 12 heavy (non-hydrogen) atoms. The lowest BCUT2D eigenvalue weighted by atomic mass is 10.5. The molecule has 1 heterocycles. The van der Waals surface area contributed by atoms with Crippen LogP contribution >= 0.6 is 9.24 Å². The van der Waals surface area contributed by atoms with E-state index in [1.165, 1.54) is 10.6 Å². The maximum atomic E-state index is 10.0. The number of carbonyl (C=O) groups excluding carboxylic acids is 1. The van der Waals surface area contributed by atoms with Crippen LogP contribution < -0.4 is 5.30 Å². The monoisotopic (exact) mass is 187 g/mol. The van der Waals surface area contributed by atoms with E-state index in [1.54, 1.807) is 0 Å². The largest absolute Gasteiger partial charge is 0.494 e. The third kappa shape index (κ3) is 1.59. The number of aldehydes is 1. The zero-order valence-corrected chi connectivity index (χ0v) is 7.55. The molecular formula is C7H10NO3P. The van der Waals surface area contributed by atoms with E-state index in [2.05, 4.69) is 9.24 Å². The molecule has 1 atom stereocenters. The molecule has 0 fully saturated rings. The number of hydrogen-bond donors (Lipinski definition) is 2. The second kappa shape index (κ2) is 3.59. The van der Waals surface area contributed by atoms with Crippen molar-refractivity contribution in [3.8, 4) is 11.8 Å². The van der Waals surface area contributed by atoms with Gasteiger partial charge < -0.3 is 15.0 Å². The van der Waals surface area contributed by atoms with Gasteiger partial charge in [-0.3, -0.25) is 4.57 Å². The van der Waals surface area contributed by atoms with Gasteiger partial charge in [0, 0.05) is 24.3 Å². The predicted molar refractivity (Wildman–Crippen MR) is 47.8 cm³/mol. The second-order valence-electron chi connectivity index (χ2n) is 2.39. The first-order chi connectivity index (χ1) is 5.66. The summed E-state index contributed by atoms with van der Waals surface area (Å²) in [5.74, 6) is -0.0429. The summed E-state index contributed by atoms with van der Waals surface area (Å²) in [6.07, 6.45) is 1.02. The molecule has 0 saturated heterocycles. The molecule has 5 heteroatoms. The number of aromatic nitrogens is 1. The topological polar surface area (TPSA) is 62.5 Å². The van der Waals surface area contributed by atoms with Crippen molar-refractivity contribution in [3.63, 3.8) is 0 Å². The minimum absolute atomic E-state index is 0.0145. The van der Waals surface area contributed by atoms with E-state index in [4.69, 9.17) is 0 Å². The molecule has 1 aromatic heterocycles. The molecule has 0 amide bonds. The van der Waals surface area contributed by atoms with Crippen molar-refractivity contribution in [2.75, 3.05) is 0 Å². The van der Waals surface area contributed by atoms with Gasteiger partial charge in [-0.15, -0.1) is 0 Å². The normalized spacial score (nSPS) is 10.1. The van der Waals surface area contributed by atoms with E-state index >= 15 is 0 Å². The van der Waals surface area contributed by atoms with Crippen molar-refractivity contribution in [2.24, 2.45) is 0 Å². The van der Waals surface area contributed by atoms with Crippen LogP contribution in [0, 0.1) is 0 Å². The van der Waals surface area contributed by atoms with Gasteiger partial charge in [-0.1, -0.05) is 9.24 Å². The highest BCUT2D eigenvalue weighted by molar-refractivity contribution is 7.27. The molecule has 0 bridgehead atoms. The molecule has 1 aromatic rings. The maximum absolute atomic E-state index is 10.0. The van der Waals surface area contributed by atoms with E-state index in [0.717, 1.165) is 6.29 Å². The zero-order valence-electron chi connectivity index (χ0n) is 6.40. The number of aromatic hydroxyl groups is 2. The van der Waals surface area contributed by atoms with Gasteiger partial charge in [-0.2, -0.15) is 0 Å². The molecule has 0 saturated carbocycles. The fraction of sp³-hybridized carbons (Fsp3) is 0.286. The SMILES string of the molecule is O=CCCn1c(O)cc(P)c1O. The Morgan fingerprint density at radius 2 is 2.25 bits per heavy atom. The molecule has 0 aromatic carbocycles. The Labute approximate surface area is 72.0 Å². The lowest BCUT2D eigenvalue weighted by Gasteiger charge is -2.02. The first-order valence-electron chi connectivity index (χ1n) is 3.47. The van der Waals surface area contributed by atoms with Gasteiger partial charge in [0.2, 0.25) is 5.88 Å². The average molecular weight is 187 g/mol. The van der Waals surface area contributed by atoms with Crippen LogP contribution in [0.4, 0.5) is 0 Å². The minimum atomic E-state index is -0.0284. The van der Waals surface area contributed by atoms with Crippen LogP contribution in [0.3, 0.4) is 0 Å². The quantitative estimate of drug-likeness (QED) is 0.516. The predicted octanol–water partition coefficient (Wildman–Crippen LogP) is -0.0113. The average Bonchev–Trinajstić information content (AvgIpc) is 2.25. The summed E-state index contributed by atoms with van der Waals surface area (Å²) in [4.78, 5) is 10.0. The molecule has 2 N–H and O–H groups in total. The Kier molecular flexibility index (Phi) is 2.71. The maximum Gasteiger partial charge on any atom is 0.201 e. The van der Waals surface area contributed by atoms with Gasteiger partial charge in [0.25, 0.3) is 0 Å². The van der Waals surface area contributed by atoms with Gasteiger partial charge >= 0.3 is 0 Å². The fourth-order valence-electron chi connectivity index (χ4n) is 0.948. The summed E-state index contributed by atoms with van der Waals surface area (Å²) >= 11 is 0. The summed E-state index contributed by atoms with van der Waals surface area (Å²) in [6, 6.07) is 1.42. The van der Waals surface area contributed by atoms with Crippen LogP contribution in [0.25, 0.3) is 0 Å². The lowest BCUT2D eigenvalue weighted by molar-refractivity contribution is -0.108. The van der Waals surface area contributed by atoms with E-state index in [-0.39, 0.29) is 18.2 Å². The number of rotatable bonds is 3. The van der Waals surface area contributed by atoms with Crippen LogP contribution in [0.5, 0.6) is 11.8 Å². The van der Waals surface area contributed by atoms with E-state index in [9.17, 15) is 15.0 Å². The molecule has 0 aliphatic carbocycles. The summed E-state index contributed by atoms with van der Waals surface area (Å²) in [7, 11) is 2.29. The fourth-order valence-corrected chi connectivity index (χ4v) is 1.25. The Morgan fingerprint density at radius 1 is 1.58 bits per heavy atom. The van der Waals surface area contributed by atoms with Gasteiger partial charge in [0.15, 0.2) is 5.88 Å². The first-order valence-corrected chi connectivity index (χ1v) is 4.05. The highest BCUT2D eigenvalue weighted by Crippen LogP contribution is 2.20. The third-order valence-electron chi connectivity index (χ3n) is 1.55. The Bertz CT molecular complexity index is 295. The van der Waals surface area contributed by atoms with E-state index in [0.29, 0.717) is 11.8 Å². The highest BCUT2D eigenvalue weighted by Gasteiger charge is 2.09. The molecule has 0 aliphatic heterocycles. The summed E-state index contributed by atoms with van der Waals surface area (Å²) in [5, 5.41) is 19.1.